The minimum Gasteiger partial charge on any atom is -0.278 e. The van der Waals surface area contributed by atoms with Crippen molar-refractivity contribution in [2.75, 3.05) is 0 Å². The number of nitrogens with zero attached hydrogens (tertiary/aromatic N) is 5. The highest BCUT2D eigenvalue weighted by Crippen LogP contribution is 2.38. The topological polar surface area (TPSA) is 48.5 Å². The minimum atomic E-state index is 0.139. The normalized spacial score (nSPS) is 11.7. The lowest BCUT2D eigenvalue weighted by molar-refractivity contribution is 0.887. The van der Waals surface area contributed by atoms with Crippen LogP contribution < -0.4 is 0 Å². The number of hydrogen-bond acceptors (Lipinski definition) is 3. The third-order valence-corrected chi connectivity index (χ3v) is 7.51. The van der Waals surface area contributed by atoms with Crippen LogP contribution in [0.25, 0.3) is 66.6 Å². The highest BCUT2D eigenvalue weighted by atomic mass is 35.5. The standard InChI is InChI=1S/C33H20ClN5/c34-31-35-32(38-27-18-7-4-13-23(27)24-14-5-8-19-28(24)38)37-33(36-31)39-29-20-9-6-15-25(29)26-17-10-16-22(30(26)39)21-11-2-1-3-12-21/h1-20H. The quantitative estimate of drug-likeness (QED) is 0.234. The Morgan fingerprint density at radius 1 is 0.436 bits per heavy atom. The molecule has 184 valence electrons. The number of benzene rings is 5. The van der Waals surface area contributed by atoms with Gasteiger partial charge < -0.3 is 0 Å². The second-order valence-electron chi connectivity index (χ2n) is 9.49. The van der Waals surface area contributed by atoms with Crippen LogP contribution in [0.2, 0.25) is 5.28 Å². The summed E-state index contributed by atoms with van der Waals surface area (Å²) in [5, 5.41) is 4.66. The molecule has 0 amide bonds. The van der Waals surface area contributed by atoms with Crippen LogP contribution in [0.5, 0.6) is 0 Å². The molecule has 0 fully saturated rings. The average molecular weight is 522 g/mol. The molecule has 3 heterocycles. The first kappa shape index (κ1) is 22.0. The summed E-state index contributed by atoms with van der Waals surface area (Å²) in [6.07, 6.45) is 0. The maximum atomic E-state index is 6.66. The molecule has 0 N–H and O–H groups in total. The SMILES string of the molecule is Clc1nc(-n2c3ccccc3c3ccccc32)nc(-n2c3ccccc3c3cccc(-c4ccccc4)c32)n1. The van der Waals surface area contributed by atoms with Gasteiger partial charge in [0, 0.05) is 27.1 Å². The van der Waals surface area contributed by atoms with Gasteiger partial charge in [-0.1, -0.05) is 103 Å². The fourth-order valence-electron chi connectivity index (χ4n) is 5.74. The summed E-state index contributed by atoms with van der Waals surface area (Å²) in [7, 11) is 0. The number of halogens is 1. The fraction of sp³-hybridized carbons (Fsp3) is 0. The molecule has 6 heteroatoms. The second-order valence-corrected chi connectivity index (χ2v) is 9.83. The second kappa shape index (κ2) is 8.51. The van der Waals surface area contributed by atoms with Crippen LogP contribution in [0.1, 0.15) is 0 Å². The zero-order valence-electron chi connectivity index (χ0n) is 20.7. The summed E-state index contributed by atoms with van der Waals surface area (Å²) in [5.41, 5.74) is 6.28. The van der Waals surface area contributed by atoms with E-state index in [-0.39, 0.29) is 5.28 Å². The summed E-state index contributed by atoms with van der Waals surface area (Å²) in [6, 6.07) is 41.7. The monoisotopic (exact) mass is 521 g/mol. The number of fused-ring (bicyclic) bond motifs is 6. The number of para-hydroxylation sites is 4. The number of rotatable bonds is 3. The molecule has 0 saturated carbocycles. The molecule has 0 saturated heterocycles. The predicted octanol–water partition coefficient (Wildman–Crippen LogP) is 8.39. The average Bonchev–Trinajstić information content (AvgIpc) is 3.51. The fourth-order valence-corrected chi connectivity index (χ4v) is 5.90. The molecule has 5 aromatic carbocycles. The zero-order chi connectivity index (χ0) is 25.9. The minimum absolute atomic E-state index is 0.139. The van der Waals surface area contributed by atoms with E-state index < -0.39 is 0 Å². The van der Waals surface area contributed by atoms with Gasteiger partial charge in [-0.15, -0.1) is 0 Å². The third kappa shape index (κ3) is 3.30. The number of hydrogen-bond donors (Lipinski definition) is 0. The molecule has 3 aromatic heterocycles. The first-order chi connectivity index (χ1) is 19.3. The molecule has 0 radical (unpaired) electrons. The maximum Gasteiger partial charge on any atom is 0.240 e. The molecule has 0 unspecified atom stereocenters. The molecule has 0 spiro atoms. The molecule has 0 atom stereocenters. The Morgan fingerprint density at radius 3 is 1.56 bits per heavy atom. The van der Waals surface area contributed by atoms with Gasteiger partial charge in [0.05, 0.1) is 22.1 Å². The lowest BCUT2D eigenvalue weighted by atomic mass is 10.0. The summed E-state index contributed by atoms with van der Waals surface area (Å²) < 4.78 is 4.17. The van der Waals surface area contributed by atoms with E-state index >= 15 is 0 Å². The maximum absolute atomic E-state index is 6.66. The third-order valence-electron chi connectivity index (χ3n) is 7.34. The summed E-state index contributed by atoms with van der Waals surface area (Å²) in [4.78, 5) is 14.4. The van der Waals surface area contributed by atoms with Crippen molar-refractivity contribution in [2.24, 2.45) is 0 Å². The Labute approximate surface area is 228 Å². The van der Waals surface area contributed by atoms with E-state index in [9.17, 15) is 0 Å². The van der Waals surface area contributed by atoms with E-state index in [0.29, 0.717) is 11.9 Å². The Kier molecular flexibility index (Phi) is 4.81. The van der Waals surface area contributed by atoms with Gasteiger partial charge in [0.1, 0.15) is 0 Å². The lowest BCUT2D eigenvalue weighted by Crippen LogP contribution is -2.09. The van der Waals surface area contributed by atoms with E-state index in [1.807, 2.05) is 36.4 Å². The molecule has 0 aliphatic carbocycles. The molecule has 0 aliphatic heterocycles. The van der Waals surface area contributed by atoms with Gasteiger partial charge in [-0.3, -0.25) is 9.13 Å². The van der Waals surface area contributed by atoms with Crippen molar-refractivity contribution in [3.63, 3.8) is 0 Å². The molecule has 0 bridgehead atoms. The van der Waals surface area contributed by atoms with Gasteiger partial charge in [0.2, 0.25) is 17.2 Å². The largest absolute Gasteiger partial charge is 0.278 e. The summed E-state index contributed by atoms with van der Waals surface area (Å²) in [5.74, 6) is 0.951. The van der Waals surface area contributed by atoms with E-state index in [1.165, 1.54) is 0 Å². The molecule has 39 heavy (non-hydrogen) atoms. The van der Waals surface area contributed by atoms with Crippen molar-refractivity contribution in [1.82, 2.24) is 24.1 Å². The van der Waals surface area contributed by atoms with Gasteiger partial charge in [-0.25, -0.2) is 0 Å². The first-order valence-corrected chi connectivity index (χ1v) is 13.1. The van der Waals surface area contributed by atoms with Crippen LogP contribution in [0.3, 0.4) is 0 Å². The molecule has 0 aliphatic rings. The van der Waals surface area contributed by atoms with Gasteiger partial charge in [0.15, 0.2) is 0 Å². The van der Waals surface area contributed by atoms with E-state index in [1.54, 1.807) is 0 Å². The van der Waals surface area contributed by atoms with Crippen molar-refractivity contribution < 1.29 is 0 Å². The molecular formula is C33H20ClN5. The molecule has 5 nitrogen and oxygen atoms in total. The van der Waals surface area contributed by atoms with Crippen molar-refractivity contribution in [3.8, 4) is 23.0 Å². The van der Waals surface area contributed by atoms with E-state index in [4.69, 9.17) is 16.6 Å². The van der Waals surface area contributed by atoms with Crippen LogP contribution in [0, 0.1) is 0 Å². The van der Waals surface area contributed by atoms with Gasteiger partial charge in [-0.2, -0.15) is 15.0 Å². The lowest BCUT2D eigenvalue weighted by Gasteiger charge is -2.12. The van der Waals surface area contributed by atoms with E-state index in [0.717, 1.165) is 54.7 Å². The van der Waals surface area contributed by atoms with Crippen LogP contribution in [-0.2, 0) is 0 Å². The van der Waals surface area contributed by atoms with Crippen LogP contribution >= 0.6 is 11.6 Å². The van der Waals surface area contributed by atoms with Crippen molar-refractivity contribution in [2.45, 2.75) is 0 Å². The van der Waals surface area contributed by atoms with Crippen LogP contribution in [0.15, 0.2) is 121 Å². The Morgan fingerprint density at radius 2 is 0.923 bits per heavy atom. The van der Waals surface area contributed by atoms with Crippen molar-refractivity contribution in [1.29, 1.82) is 0 Å². The Balaban J connectivity index is 1.48. The Bertz CT molecular complexity index is 2140. The van der Waals surface area contributed by atoms with Crippen LogP contribution in [-0.4, -0.2) is 24.1 Å². The predicted molar refractivity (Wildman–Crippen MR) is 159 cm³/mol. The van der Waals surface area contributed by atoms with Crippen LogP contribution in [0.4, 0.5) is 0 Å². The smallest absolute Gasteiger partial charge is 0.240 e. The van der Waals surface area contributed by atoms with Gasteiger partial charge in [-0.05, 0) is 35.4 Å². The first-order valence-electron chi connectivity index (χ1n) is 12.8. The molecular weight excluding hydrogens is 502 g/mol. The highest BCUT2D eigenvalue weighted by molar-refractivity contribution is 6.28. The van der Waals surface area contributed by atoms with Gasteiger partial charge >= 0.3 is 0 Å². The zero-order valence-corrected chi connectivity index (χ0v) is 21.4. The summed E-state index contributed by atoms with van der Waals surface area (Å²) >= 11 is 6.66. The van der Waals surface area contributed by atoms with E-state index in [2.05, 4.69) is 104 Å². The number of aromatic nitrogens is 5. The summed E-state index contributed by atoms with van der Waals surface area (Å²) in [6.45, 7) is 0. The van der Waals surface area contributed by atoms with Crippen molar-refractivity contribution in [3.05, 3.63) is 127 Å². The molecule has 8 aromatic rings. The highest BCUT2D eigenvalue weighted by Gasteiger charge is 2.21. The van der Waals surface area contributed by atoms with Gasteiger partial charge in [0.25, 0.3) is 0 Å². The van der Waals surface area contributed by atoms with Crippen molar-refractivity contribution >= 4 is 55.2 Å². The Hall–Kier alpha value is -5.00. The molecule has 8 rings (SSSR count).